The van der Waals surface area contributed by atoms with Gasteiger partial charge in [0.15, 0.2) is 0 Å². The van der Waals surface area contributed by atoms with Gasteiger partial charge in [-0.25, -0.2) is 0 Å². The van der Waals surface area contributed by atoms with Gasteiger partial charge < -0.3 is 11.5 Å². The van der Waals surface area contributed by atoms with E-state index in [0.29, 0.717) is 0 Å². The van der Waals surface area contributed by atoms with E-state index in [4.69, 9.17) is 11.5 Å². The molecule has 22 heavy (non-hydrogen) atoms. The zero-order chi connectivity index (χ0) is 15.6. The molecule has 110 valence electrons. The third-order valence-electron chi connectivity index (χ3n) is 4.33. The van der Waals surface area contributed by atoms with Gasteiger partial charge >= 0.3 is 0 Å². The fraction of sp³-hybridized carbons (Fsp3) is 0.100. The highest BCUT2D eigenvalue weighted by atomic mass is 14.5. The first-order valence-electron chi connectivity index (χ1n) is 7.38. The van der Waals surface area contributed by atoms with E-state index in [1.807, 2.05) is 30.3 Å². The molecule has 0 saturated carbocycles. The summed E-state index contributed by atoms with van der Waals surface area (Å²) < 4.78 is 0. The van der Waals surface area contributed by atoms with Gasteiger partial charge in [0.1, 0.15) is 0 Å². The summed E-state index contributed by atoms with van der Waals surface area (Å²) in [4.78, 5) is 0. The van der Waals surface area contributed by atoms with Crippen molar-refractivity contribution in [2.75, 3.05) is 11.5 Å². The summed E-state index contributed by atoms with van der Waals surface area (Å²) in [5.74, 6) is 0. The van der Waals surface area contributed by atoms with Crippen molar-refractivity contribution in [1.29, 1.82) is 0 Å². The van der Waals surface area contributed by atoms with E-state index in [0.717, 1.165) is 11.4 Å². The lowest BCUT2D eigenvalue weighted by atomic mass is 9.71. The van der Waals surface area contributed by atoms with Gasteiger partial charge in [0.25, 0.3) is 0 Å². The van der Waals surface area contributed by atoms with E-state index in [-0.39, 0.29) is 5.41 Å². The number of benzene rings is 3. The molecule has 0 atom stereocenters. The first-order chi connectivity index (χ1) is 10.6. The molecule has 0 fully saturated rings. The molecule has 3 aromatic carbocycles. The molecule has 0 aliphatic carbocycles. The quantitative estimate of drug-likeness (QED) is 0.560. The van der Waals surface area contributed by atoms with Crippen LogP contribution in [-0.2, 0) is 5.41 Å². The molecular formula is C20H20N2. The predicted octanol–water partition coefficient (Wildman–Crippen LogP) is 4.21. The largest absolute Gasteiger partial charge is 0.399 e. The Morgan fingerprint density at radius 3 is 1.32 bits per heavy atom. The second-order valence-electron chi connectivity index (χ2n) is 5.74. The first kappa shape index (κ1) is 14.2. The topological polar surface area (TPSA) is 52.0 Å². The molecular weight excluding hydrogens is 268 g/mol. The van der Waals surface area contributed by atoms with E-state index in [1.165, 1.54) is 16.7 Å². The summed E-state index contributed by atoms with van der Waals surface area (Å²) in [5.41, 5.74) is 16.7. The minimum absolute atomic E-state index is 0.247. The van der Waals surface area contributed by atoms with Crippen LogP contribution in [0.3, 0.4) is 0 Å². The molecule has 4 N–H and O–H groups in total. The van der Waals surface area contributed by atoms with Crippen LogP contribution < -0.4 is 11.5 Å². The van der Waals surface area contributed by atoms with Crippen LogP contribution in [0.5, 0.6) is 0 Å². The van der Waals surface area contributed by atoms with Crippen molar-refractivity contribution in [3.05, 3.63) is 95.6 Å². The summed E-state index contributed by atoms with van der Waals surface area (Å²) in [7, 11) is 0. The van der Waals surface area contributed by atoms with Crippen molar-refractivity contribution in [3.8, 4) is 0 Å². The van der Waals surface area contributed by atoms with Crippen molar-refractivity contribution in [2.45, 2.75) is 12.3 Å². The molecule has 3 aromatic rings. The standard InChI is InChI=1S/C20H20N2/c1-20(15-5-3-2-4-6-15,16-7-11-18(21)12-8-16)17-9-13-19(22)14-10-17/h2-14H,21-22H2,1H3. The third-order valence-corrected chi connectivity index (χ3v) is 4.33. The Bertz CT molecular complexity index is 698. The fourth-order valence-electron chi connectivity index (χ4n) is 2.90. The SMILES string of the molecule is CC(c1ccccc1)(c1ccc(N)cc1)c1ccc(N)cc1. The molecule has 2 heteroatoms. The van der Waals surface area contributed by atoms with Crippen LogP contribution in [0, 0.1) is 0 Å². The molecule has 0 amide bonds. The van der Waals surface area contributed by atoms with Gasteiger partial charge in [-0.2, -0.15) is 0 Å². The highest BCUT2D eigenvalue weighted by Crippen LogP contribution is 2.39. The van der Waals surface area contributed by atoms with E-state index < -0.39 is 0 Å². The Labute approximate surface area is 131 Å². The van der Waals surface area contributed by atoms with Gasteiger partial charge in [-0.1, -0.05) is 54.6 Å². The number of hydrogen-bond acceptors (Lipinski definition) is 2. The van der Waals surface area contributed by atoms with Crippen molar-refractivity contribution in [2.24, 2.45) is 0 Å². The maximum atomic E-state index is 5.85. The van der Waals surface area contributed by atoms with E-state index >= 15 is 0 Å². The average molecular weight is 288 g/mol. The second kappa shape index (κ2) is 5.57. The minimum atomic E-state index is -0.247. The van der Waals surface area contributed by atoms with Crippen LogP contribution in [0.25, 0.3) is 0 Å². The van der Waals surface area contributed by atoms with Crippen LogP contribution in [0.1, 0.15) is 23.6 Å². The highest BCUT2D eigenvalue weighted by Gasteiger charge is 2.30. The van der Waals surface area contributed by atoms with E-state index in [1.54, 1.807) is 0 Å². The normalized spacial score (nSPS) is 11.3. The lowest BCUT2D eigenvalue weighted by Gasteiger charge is -2.32. The van der Waals surface area contributed by atoms with Gasteiger partial charge in [0, 0.05) is 16.8 Å². The molecule has 3 rings (SSSR count). The van der Waals surface area contributed by atoms with Crippen molar-refractivity contribution >= 4 is 11.4 Å². The van der Waals surface area contributed by atoms with Gasteiger partial charge in [-0.15, -0.1) is 0 Å². The minimum Gasteiger partial charge on any atom is -0.399 e. The van der Waals surface area contributed by atoms with Gasteiger partial charge in [-0.3, -0.25) is 0 Å². The number of nitrogen functional groups attached to an aromatic ring is 2. The molecule has 0 bridgehead atoms. The summed E-state index contributed by atoms with van der Waals surface area (Å²) in [6, 6.07) is 26.7. The van der Waals surface area contributed by atoms with E-state index in [2.05, 4.69) is 55.5 Å². The zero-order valence-electron chi connectivity index (χ0n) is 12.7. The summed E-state index contributed by atoms with van der Waals surface area (Å²) >= 11 is 0. The second-order valence-corrected chi connectivity index (χ2v) is 5.74. The Balaban J connectivity index is 2.22. The molecule has 0 aliphatic rings. The summed E-state index contributed by atoms with van der Waals surface area (Å²) in [5, 5.41) is 0. The Hall–Kier alpha value is -2.74. The monoisotopic (exact) mass is 288 g/mol. The smallest absolute Gasteiger partial charge is 0.0423 e. The summed E-state index contributed by atoms with van der Waals surface area (Å²) in [6.07, 6.45) is 0. The first-order valence-corrected chi connectivity index (χ1v) is 7.38. The molecule has 0 unspecified atom stereocenters. The zero-order valence-corrected chi connectivity index (χ0v) is 12.7. The van der Waals surface area contributed by atoms with Crippen LogP contribution in [0.4, 0.5) is 11.4 Å². The lowest BCUT2D eigenvalue weighted by molar-refractivity contribution is 0.693. The summed E-state index contributed by atoms with van der Waals surface area (Å²) in [6.45, 7) is 2.24. The molecule has 0 spiro atoms. The maximum Gasteiger partial charge on any atom is 0.0423 e. The molecule has 0 aromatic heterocycles. The Morgan fingerprint density at radius 1 is 0.545 bits per heavy atom. The van der Waals surface area contributed by atoms with Gasteiger partial charge in [-0.05, 0) is 47.9 Å². The number of anilines is 2. The number of rotatable bonds is 3. The lowest BCUT2D eigenvalue weighted by Crippen LogP contribution is -2.25. The van der Waals surface area contributed by atoms with Crippen LogP contribution in [-0.4, -0.2) is 0 Å². The van der Waals surface area contributed by atoms with Gasteiger partial charge in [0.05, 0.1) is 0 Å². The number of nitrogens with two attached hydrogens (primary N) is 2. The Morgan fingerprint density at radius 2 is 0.909 bits per heavy atom. The van der Waals surface area contributed by atoms with Crippen molar-refractivity contribution in [3.63, 3.8) is 0 Å². The van der Waals surface area contributed by atoms with Crippen LogP contribution >= 0.6 is 0 Å². The molecule has 0 radical (unpaired) electrons. The fourth-order valence-corrected chi connectivity index (χ4v) is 2.90. The van der Waals surface area contributed by atoms with Crippen molar-refractivity contribution < 1.29 is 0 Å². The molecule has 2 nitrogen and oxygen atoms in total. The van der Waals surface area contributed by atoms with Crippen molar-refractivity contribution in [1.82, 2.24) is 0 Å². The predicted molar refractivity (Wildman–Crippen MR) is 93.7 cm³/mol. The molecule has 0 aliphatic heterocycles. The highest BCUT2D eigenvalue weighted by molar-refractivity contribution is 5.54. The number of hydrogen-bond donors (Lipinski definition) is 2. The van der Waals surface area contributed by atoms with Gasteiger partial charge in [0.2, 0.25) is 0 Å². The Kier molecular flexibility index (Phi) is 3.60. The molecule has 0 saturated heterocycles. The average Bonchev–Trinajstić information content (AvgIpc) is 2.56. The van der Waals surface area contributed by atoms with E-state index in [9.17, 15) is 0 Å². The third kappa shape index (κ3) is 2.44. The molecule has 0 heterocycles. The van der Waals surface area contributed by atoms with Crippen LogP contribution in [0.2, 0.25) is 0 Å². The van der Waals surface area contributed by atoms with Crippen LogP contribution in [0.15, 0.2) is 78.9 Å². The maximum absolute atomic E-state index is 5.85.